The van der Waals surface area contributed by atoms with Gasteiger partial charge >= 0.3 is 0 Å². The van der Waals surface area contributed by atoms with Gasteiger partial charge in [-0.2, -0.15) is 5.26 Å². The molecule has 0 aliphatic carbocycles. The molecule has 5 nitrogen and oxygen atoms in total. The summed E-state index contributed by atoms with van der Waals surface area (Å²) >= 11 is 0. The molecule has 0 radical (unpaired) electrons. The number of hydrogen-bond acceptors (Lipinski definition) is 4. The van der Waals surface area contributed by atoms with Crippen LogP contribution in [0, 0.1) is 18.3 Å². The minimum atomic E-state index is 0.520. The van der Waals surface area contributed by atoms with Crippen molar-refractivity contribution in [3.63, 3.8) is 0 Å². The Balaban J connectivity index is 1.92. The molecule has 3 heterocycles. The Labute approximate surface area is 127 Å². The van der Waals surface area contributed by atoms with Crippen LogP contribution in [0.4, 0.5) is 0 Å². The third-order valence-corrected chi connectivity index (χ3v) is 3.70. The number of imidazole rings is 1. The molecule has 0 fully saturated rings. The first-order chi connectivity index (χ1) is 10.8. The van der Waals surface area contributed by atoms with Crippen molar-refractivity contribution in [1.29, 1.82) is 5.26 Å². The summed E-state index contributed by atoms with van der Waals surface area (Å²) in [5, 5.41) is 9.51. The van der Waals surface area contributed by atoms with E-state index in [4.69, 9.17) is 9.47 Å². The van der Waals surface area contributed by atoms with Gasteiger partial charge in [0, 0.05) is 11.8 Å². The second kappa shape index (κ2) is 4.78. The zero-order valence-electron chi connectivity index (χ0n) is 12.0. The first-order valence-corrected chi connectivity index (χ1v) is 7.05. The van der Waals surface area contributed by atoms with E-state index in [0.29, 0.717) is 30.4 Å². The molecule has 4 rings (SSSR count). The molecule has 2 aromatic heterocycles. The van der Waals surface area contributed by atoms with Crippen molar-refractivity contribution in [3.8, 4) is 28.8 Å². The van der Waals surface area contributed by atoms with Gasteiger partial charge in [0.1, 0.15) is 30.6 Å². The Kier molecular flexibility index (Phi) is 2.76. The Hall–Kier alpha value is -3.00. The number of hydrogen-bond donors (Lipinski definition) is 0. The molecule has 1 aliphatic rings. The van der Waals surface area contributed by atoms with Crippen LogP contribution in [0.25, 0.3) is 16.9 Å². The van der Waals surface area contributed by atoms with Crippen LogP contribution in [0.3, 0.4) is 0 Å². The van der Waals surface area contributed by atoms with Gasteiger partial charge in [0.15, 0.2) is 17.2 Å². The van der Waals surface area contributed by atoms with E-state index in [1.165, 1.54) is 0 Å². The molecule has 0 saturated carbocycles. The zero-order chi connectivity index (χ0) is 15.1. The molecule has 0 atom stereocenters. The lowest BCUT2D eigenvalue weighted by Crippen LogP contribution is -2.15. The molecule has 0 saturated heterocycles. The molecule has 5 heteroatoms. The van der Waals surface area contributed by atoms with Gasteiger partial charge in [0.25, 0.3) is 0 Å². The van der Waals surface area contributed by atoms with Crippen LogP contribution in [0.15, 0.2) is 36.5 Å². The van der Waals surface area contributed by atoms with Gasteiger partial charge in [0.2, 0.25) is 0 Å². The van der Waals surface area contributed by atoms with Gasteiger partial charge in [-0.1, -0.05) is 0 Å². The summed E-state index contributed by atoms with van der Waals surface area (Å²) in [5.74, 6) is 1.42. The van der Waals surface area contributed by atoms with Gasteiger partial charge in [-0.25, -0.2) is 4.98 Å². The molecule has 1 aromatic carbocycles. The lowest BCUT2D eigenvalue weighted by Gasteiger charge is -2.18. The van der Waals surface area contributed by atoms with E-state index in [1.807, 2.05) is 43.5 Å². The summed E-state index contributed by atoms with van der Waals surface area (Å²) < 4.78 is 12.9. The smallest absolute Gasteiger partial charge is 0.162 e. The highest BCUT2D eigenvalue weighted by Gasteiger charge is 2.17. The molecule has 0 bridgehead atoms. The number of aryl methyl sites for hydroxylation is 1. The second-order valence-electron chi connectivity index (χ2n) is 5.21. The van der Waals surface area contributed by atoms with Crippen molar-refractivity contribution < 1.29 is 9.47 Å². The number of ether oxygens (including phenoxy) is 2. The third-order valence-electron chi connectivity index (χ3n) is 3.70. The molecule has 3 aromatic rings. The molecule has 0 N–H and O–H groups in total. The number of nitrogens with zero attached hydrogens (tertiary/aromatic N) is 3. The summed E-state index contributed by atoms with van der Waals surface area (Å²) in [6.45, 7) is 3.10. The molecule has 22 heavy (non-hydrogen) atoms. The number of nitriles is 1. The van der Waals surface area contributed by atoms with Gasteiger partial charge in [-0.05, 0) is 42.8 Å². The molecular weight excluding hydrogens is 278 g/mol. The lowest BCUT2D eigenvalue weighted by atomic mass is 10.1. The number of pyridine rings is 1. The standard InChI is InChI=1S/C17H13N3O2/c1-11-4-5-20-13(10-18)17(19-16(20)8-11)12-2-3-14-15(9-12)22-7-6-21-14/h2-5,8-9H,6-7H2,1H3. The van der Waals surface area contributed by atoms with E-state index in [-0.39, 0.29) is 0 Å². The maximum absolute atomic E-state index is 9.51. The second-order valence-corrected chi connectivity index (χ2v) is 5.21. The molecule has 0 unspecified atom stereocenters. The summed E-state index contributed by atoms with van der Waals surface area (Å²) in [5.41, 5.74) is 3.90. The predicted molar refractivity (Wildman–Crippen MR) is 81.1 cm³/mol. The average Bonchev–Trinajstić information content (AvgIpc) is 2.91. The normalized spacial score (nSPS) is 13.1. The zero-order valence-corrected chi connectivity index (χ0v) is 12.0. The van der Waals surface area contributed by atoms with Crippen LogP contribution in [-0.4, -0.2) is 22.6 Å². The van der Waals surface area contributed by atoms with E-state index >= 15 is 0 Å². The number of rotatable bonds is 1. The van der Waals surface area contributed by atoms with E-state index in [0.717, 1.165) is 22.5 Å². The molecule has 0 amide bonds. The SMILES string of the molecule is Cc1ccn2c(C#N)c(-c3ccc4c(c3)OCCO4)nc2c1. The molecule has 0 spiro atoms. The fourth-order valence-corrected chi connectivity index (χ4v) is 2.65. The van der Waals surface area contributed by atoms with Crippen LogP contribution in [0.2, 0.25) is 0 Å². The average molecular weight is 291 g/mol. The van der Waals surface area contributed by atoms with Crippen molar-refractivity contribution in [2.24, 2.45) is 0 Å². The van der Waals surface area contributed by atoms with Crippen LogP contribution >= 0.6 is 0 Å². The maximum Gasteiger partial charge on any atom is 0.162 e. The van der Waals surface area contributed by atoms with Crippen LogP contribution in [-0.2, 0) is 0 Å². The summed E-state index contributed by atoms with van der Waals surface area (Å²) in [4.78, 5) is 4.61. The quantitative estimate of drug-likeness (QED) is 0.691. The largest absolute Gasteiger partial charge is 0.486 e. The highest BCUT2D eigenvalue weighted by molar-refractivity contribution is 5.72. The van der Waals surface area contributed by atoms with Crippen LogP contribution in [0.1, 0.15) is 11.3 Å². The van der Waals surface area contributed by atoms with Gasteiger partial charge in [-0.15, -0.1) is 0 Å². The molecule has 1 aliphatic heterocycles. The van der Waals surface area contributed by atoms with Gasteiger partial charge in [-0.3, -0.25) is 4.40 Å². The predicted octanol–water partition coefficient (Wildman–Crippen LogP) is 2.95. The Morgan fingerprint density at radius 2 is 1.95 bits per heavy atom. The minimum absolute atomic E-state index is 0.520. The fraction of sp³-hybridized carbons (Fsp3) is 0.176. The summed E-state index contributed by atoms with van der Waals surface area (Å²) in [6, 6.07) is 11.8. The van der Waals surface area contributed by atoms with Crippen molar-refractivity contribution in [2.75, 3.05) is 13.2 Å². The van der Waals surface area contributed by atoms with E-state index in [1.54, 1.807) is 4.40 Å². The summed E-state index contributed by atoms with van der Waals surface area (Å²) in [6.07, 6.45) is 1.87. The van der Waals surface area contributed by atoms with Crippen LogP contribution in [0.5, 0.6) is 11.5 Å². The Bertz CT molecular complexity index is 922. The topological polar surface area (TPSA) is 59.5 Å². The molecular formula is C17H13N3O2. The first kappa shape index (κ1) is 12.7. The van der Waals surface area contributed by atoms with Crippen molar-refractivity contribution in [1.82, 2.24) is 9.38 Å². The monoisotopic (exact) mass is 291 g/mol. The number of fused-ring (bicyclic) bond motifs is 2. The third kappa shape index (κ3) is 1.89. The van der Waals surface area contributed by atoms with E-state index in [9.17, 15) is 5.26 Å². The Morgan fingerprint density at radius 3 is 2.77 bits per heavy atom. The minimum Gasteiger partial charge on any atom is -0.486 e. The van der Waals surface area contributed by atoms with E-state index < -0.39 is 0 Å². The molecule has 108 valence electrons. The van der Waals surface area contributed by atoms with Gasteiger partial charge < -0.3 is 9.47 Å². The highest BCUT2D eigenvalue weighted by Crippen LogP contribution is 2.35. The summed E-state index contributed by atoms with van der Waals surface area (Å²) in [7, 11) is 0. The van der Waals surface area contributed by atoms with Crippen LogP contribution < -0.4 is 9.47 Å². The van der Waals surface area contributed by atoms with Crippen molar-refractivity contribution >= 4 is 5.65 Å². The number of aromatic nitrogens is 2. The van der Waals surface area contributed by atoms with Crippen molar-refractivity contribution in [2.45, 2.75) is 6.92 Å². The van der Waals surface area contributed by atoms with Gasteiger partial charge in [0.05, 0.1) is 0 Å². The number of benzene rings is 1. The lowest BCUT2D eigenvalue weighted by molar-refractivity contribution is 0.171. The van der Waals surface area contributed by atoms with Crippen molar-refractivity contribution in [3.05, 3.63) is 47.8 Å². The van der Waals surface area contributed by atoms with E-state index in [2.05, 4.69) is 11.1 Å². The first-order valence-electron chi connectivity index (χ1n) is 7.05. The maximum atomic E-state index is 9.51. The highest BCUT2D eigenvalue weighted by atomic mass is 16.6. The fourth-order valence-electron chi connectivity index (χ4n) is 2.65. The Morgan fingerprint density at radius 1 is 1.14 bits per heavy atom.